The van der Waals surface area contributed by atoms with Gasteiger partial charge in [-0.05, 0) is 6.92 Å². The van der Waals surface area contributed by atoms with E-state index in [1.165, 1.54) is 16.2 Å². The molecule has 0 saturated heterocycles. The van der Waals surface area contributed by atoms with E-state index in [-0.39, 0.29) is 18.3 Å². The van der Waals surface area contributed by atoms with Crippen LogP contribution in [0.3, 0.4) is 0 Å². The van der Waals surface area contributed by atoms with Gasteiger partial charge in [0, 0.05) is 19.0 Å². The molecule has 0 saturated carbocycles. The second-order valence-electron chi connectivity index (χ2n) is 3.37. The number of amides is 2. The van der Waals surface area contributed by atoms with Crippen molar-refractivity contribution < 1.29 is 14.7 Å². The molecule has 0 spiro atoms. The molecule has 0 bridgehead atoms. The minimum atomic E-state index is -1.04. The molecule has 1 rings (SSSR count). The average molecular weight is 243 g/mol. The topological polar surface area (TPSA) is 82.5 Å². The van der Waals surface area contributed by atoms with Gasteiger partial charge in [-0.25, -0.2) is 14.6 Å². The summed E-state index contributed by atoms with van der Waals surface area (Å²) in [4.78, 5) is 27.9. The number of thiazole rings is 1. The van der Waals surface area contributed by atoms with Crippen LogP contribution in [0.15, 0.2) is 0 Å². The van der Waals surface area contributed by atoms with Crippen LogP contribution in [0.1, 0.15) is 20.4 Å². The Kier molecular flexibility index (Phi) is 3.83. The van der Waals surface area contributed by atoms with Gasteiger partial charge in [0.15, 0.2) is 5.69 Å². The van der Waals surface area contributed by atoms with E-state index in [2.05, 4.69) is 10.3 Å². The van der Waals surface area contributed by atoms with Crippen LogP contribution in [0.2, 0.25) is 0 Å². The molecule has 0 aliphatic heterocycles. The first-order chi connectivity index (χ1) is 7.41. The summed E-state index contributed by atoms with van der Waals surface area (Å²) in [5.74, 6) is -1.04. The largest absolute Gasteiger partial charge is 0.476 e. The molecule has 1 aromatic heterocycles. The van der Waals surface area contributed by atoms with E-state index in [0.29, 0.717) is 9.88 Å². The highest BCUT2D eigenvalue weighted by Crippen LogP contribution is 2.17. The predicted molar refractivity (Wildman–Crippen MR) is 59.7 cm³/mol. The maximum Gasteiger partial charge on any atom is 0.355 e. The van der Waals surface area contributed by atoms with Crippen LogP contribution >= 0.6 is 11.3 Å². The van der Waals surface area contributed by atoms with Crippen molar-refractivity contribution in [1.29, 1.82) is 0 Å². The summed E-state index contributed by atoms with van der Waals surface area (Å²) in [6.07, 6.45) is 0. The highest BCUT2D eigenvalue weighted by molar-refractivity contribution is 7.11. The van der Waals surface area contributed by atoms with Gasteiger partial charge in [0.25, 0.3) is 0 Å². The van der Waals surface area contributed by atoms with E-state index in [1.807, 2.05) is 0 Å². The molecule has 0 fully saturated rings. The lowest BCUT2D eigenvalue weighted by Crippen LogP contribution is -2.33. The van der Waals surface area contributed by atoms with Crippen LogP contribution < -0.4 is 5.32 Å². The number of aryl methyl sites for hydroxylation is 1. The van der Waals surface area contributed by atoms with E-state index in [9.17, 15) is 9.59 Å². The van der Waals surface area contributed by atoms with E-state index >= 15 is 0 Å². The van der Waals surface area contributed by atoms with Crippen LogP contribution in [0.4, 0.5) is 4.79 Å². The normalized spacial score (nSPS) is 9.94. The summed E-state index contributed by atoms with van der Waals surface area (Å²) in [5, 5.41) is 12.0. The minimum Gasteiger partial charge on any atom is -0.476 e. The van der Waals surface area contributed by atoms with Crippen LogP contribution in [0, 0.1) is 6.92 Å². The number of rotatable bonds is 3. The Morgan fingerprint density at radius 1 is 1.50 bits per heavy atom. The van der Waals surface area contributed by atoms with Crippen molar-refractivity contribution in [2.75, 3.05) is 14.1 Å². The Morgan fingerprint density at radius 3 is 2.56 bits per heavy atom. The molecule has 0 aliphatic rings. The number of hydrogen-bond donors (Lipinski definition) is 2. The second-order valence-corrected chi connectivity index (χ2v) is 4.66. The summed E-state index contributed by atoms with van der Waals surface area (Å²) >= 11 is 1.27. The Balaban J connectivity index is 2.65. The number of aromatic carboxylic acids is 1. The van der Waals surface area contributed by atoms with Gasteiger partial charge in [-0.3, -0.25) is 0 Å². The fraction of sp³-hybridized carbons (Fsp3) is 0.444. The standard InChI is InChI=1S/C9H13N3O3S/c1-5-7(8(13)14)11-6(16-5)4-10-9(15)12(2)3/h4H2,1-3H3,(H,10,15)(H,13,14). The molecule has 1 aromatic rings. The van der Waals surface area contributed by atoms with Gasteiger partial charge in [0.1, 0.15) is 5.01 Å². The number of carbonyl (C=O) groups is 2. The summed E-state index contributed by atoms with van der Waals surface area (Å²) in [7, 11) is 3.26. The molecule has 0 atom stereocenters. The van der Waals surface area contributed by atoms with Gasteiger partial charge < -0.3 is 15.3 Å². The lowest BCUT2D eigenvalue weighted by Gasteiger charge is -2.10. The van der Waals surface area contributed by atoms with Crippen molar-refractivity contribution in [3.8, 4) is 0 Å². The maximum atomic E-state index is 11.2. The Hall–Kier alpha value is -1.63. The van der Waals surface area contributed by atoms with E-state index in [1.54, 1.807) is 21.0 Å². The second kappa shape index (κ2) is 4.93. The average Bonchev–Trinajstić information content (AvgIpc) is 2.56. The Bertz CT molecular complexity index is 414. The molecule has 0 aliphatic carbocycles. The van der Waals surface area contributed by atoms with E-state index < -0.39 is 5.97 Å². The molecule has 88 valence electrons. The maximum absolute atomic E-state index is 11.2. The third-order valence-corrected chi connectivity index (χ3v) is 2.81. The molecule has 16 heavy (non-hydrogen) atoms. The molecule has 0 unspecified atom stereocenters. The zero-order chi connectivity index (χ0) is 12.3. The third kappa shape index (κ3) is 2.93. The highest BCUT2D eigenvalue weighted by atomic mass is 32.1. The highest BCUT2D eigenvalue weighted by Gasteiger charge is 2.14. The molecule has 2 N–H and O–H groups in total. The van der Waals surface area contributed by atoms with E-state index in [4.69, 9.17) is 5.11 Å². The minimum absolute atomic E-state index is 0.0547. The molecular formula is C9H13N3O3S. The first-order valence-electron chi connectivity index (χ1n) is 4.56. The van der Waals surface area contributed by atoms with Crippen molar-refractivity contribution in [1.82, 2.24) is 15.2 Å². The number of urea groups is 1. The SMILES string of the molecule is Cc1sc(CNC(=O)N(C)C)nc1C(=O)O. The van der Waals surface area contributed by atoms with Gasteiger partial charge in [-0.1, -0.05) is 0 Å². The monoisotopic (exact) mass is 243 g/mol. The Labute approximate surface area is 96.9 Å². The first kappa shape index (κ1) is 12.4. The lowest BCUT2D eigenvalue weighted by molar-refractivity contribution is 0.0690. The van der Waals surface area contributed by atoms with Crippen LogP contribution in [-0.4, -0.2) is 41.1 Å². The van der Waals surface area contributed by atoms with Crippen LogP contribution in [0.5, 0.6) is 0 Å². The van der Waals surface area contributed by atoms with Gasteiger partial charge in [0.05, 0.1) is 6.54 Å². The zero-order valence-corrected chi connectivity index (χ0v) is 10.1. The summed E-state index contributed by atoms with van der Waals surface area (Å²) < 4.78 is 0. The van der Waals surface area contributed by atoms with Gasteiger partial charge in [-0.15, -0.1) is 11.3 Å². The van der Waals surface area contributed by atoms with Crippen LogP contribution in [0.25, 0.3) is 0 Å². The molecule has 0 radical (unpaired) electrons. The predicted octanol–water partition coefficient (Wildman–Crippen LogP) is 0.921. The van der Waals surface area contributed by atoms with Crippen molar-refractivity contribution >= 4 is 23.3 Å². The molecule has 7 heteroatoms. The van der Waals surface area contributed by atoms with Gasteiger partial charge in [-0.2, -0.15) is 0 Å². The molecule has 6 nitrogen and oxygen atoms in total. The lowest BCUT2D eigenvalue weighted by atomic mass is 10.4. The quantitative estimate of drug-likeness (QED) is 0.827. The number of nitrogens with zero attached hydrogens (tertiary/aromatic N) is 2. The molecule has 2 amide bonds. The van der Waals surface area contributed by atoms with Crippen molar-refractivity contribution in [3.63, 3.8) is 0 Å². The number of nitrogens with one attached hydrogen (secondary N) is 1. The van der Waals surface area contributed by atoms with Crippen molar-refractivity contribution in [2.24, 2.45) is 0 Å². The molecular weight excluding hydrogens is 230 g/mol. The number of carboxylic acid groups (broad SMARTS) is 1. The first-order valence-corrected chi connectivity index (χ1v) is 5.38. The van der Waals surface area contributed by atoms with Gasteiger partial charge in [0.2, 0.25) is 0 Å². The summed E-state index contributed by atoms with van der Waals surface area (Å²) in [6.45, 7) is 1.94. The fourth-order valence-electron chi connectivity index (χ4n) is 1.03. The number of aromatic nitrogens is 1. The fourth-order valence-corrected chi connectivity index (χ4v) is 1.90. The number of carboxylic acids is 1. The number of hydrogen-bond acceptors (Lipinski definition) is 4. The molecule has 1 heterocycles. The number of carbonyl (C=O) groups excluding carboxylic acids is 1. The van der Waals surface area contributed by atoms with Crippen LogP contribution in [-0.2, 0) is 6.54 Å². The van der Waals surface area contributed by atoms with Crippen molar-refractivity contribution in [3.05, 3.63) is 15.6 Å². The third-order valence-electron chi connectivity index (χ3n) is 1.84. The zero-order valence-electron chi connectivity index (χ0n) is 9.27. The summed E-state index contributed by atoms with van der Waals surface area (Å²) in [5.41, 5.74) is 0.0547. The van der Waals surface area contributed by atoms with E-state index in [0.717, 1.165) is 0 Å². The van der Waals surface area contributed by atoms with Crippen molar-refractivity contribution in [2.45, 2.75) is 13.5 Å². The smallest absolute Gasteiger partial charge is 0.355 e. The molecule has 0 aromatic carbocycles. The Morgan fingerprint density at radius 2 is 2.12 bits per heavy atom. The summed E-state index contributed by atoms with van der Waals surface area (Å²) in [6, 6.07) is -0.232. The van der Waals surface area contributed by atoms with Gasteiger partial charge >= 0.3 is 12.0 Å².